The van der Waals surface area contributed by atoms with Crippen LogP contribution in [0.1, 0.15) is 29.3 Å². The summed E-state index contributed by atoms with van der Waals surface area (Å²) in [6.07, 6.45) is 2.28. The summed E-state index contributed by atoms with van der Waals surface area (Å²) in [5, 5.41) is 21.6. The number of hydrogen-bond acceptors (Lipinski definition) is 8. The van der Waals surface area contributed by atoms with E-state index in [4.69, 9.17) is 25.9 Å². The normalized spacial score (nSPS) is 21.9. The Morgan fingerprint density at radius 1 is 1.15 bits per heavy atom. The molecule has 3 aromatic carbocycles. The zero-order chi connectivity index (χ0) is 28.3. The minimum Gasteiger partial charge on any atom is -0.456 e. The molecule has 0 bridgehead atoms. The predicted octanol–water partition coefficient (Wildman–Crippen LogP) is 7.97. The number of nitrogens with zero attached hydrogens (tertiary/aromatic N) is 3. The minimum atomic E-state index is -1.42. The van der Waals surface area contributed by atoms with Crippen molar-refractivity contribution in [2.45, 2.75) is 18.3 Å². The van der Waals surface area contributed by atoms with E-state index in [2.05, 4.69) is 21.2 Å². The Morgan fingerprint density at radius 3 is 2.76 bits per heavy atom. The number of para-hydroxylation sites is 1. The highest BCUT2D eigenvalue weighted by Gasteiger charge is 2.58. The molecule has 9 nitrogen and oxygen atoms in total. The summed E-state index contributed by atoms with van der Waals surface area (Å²) in [6, 6.07) is 22.7. The first-order valence-electron chi connectivity index (χ1n) is 12.5. The third-order valence-electron chi connectivity index (χ3n) is 7.07. The fourth-order valence-corrected chi connectivity index (χ4v) is 6.65. The van der Waals surface area contributed by atoms with Gasteiger partial charge in [0.15, 0.2) is 0 Å². The van der Waals surface area contributed by atoms with E-state index in [9.17, 15) is 14.9 Å². The summed E-state index contributed by atoms with van der Waals surface area (Å²) in [4.78, 5) is 24.6. The Labute approximate surface area is 251 Å². The van der Waals surface area contributed by atoms with Crippen molar-refractivity contribution in [1.29, 1.82) is 0 Å². The molecule has 0 saturated carbocycles. The van der Waals surface area contributed by atoms with Gasteiger partial charge in [-0.3, -0.25) is 20.2 Å². The number of nitro groups is 1. The second-order valence-corrected chi connectivity index (χ2v) is 11.9. The van der Waals surface area contributed by atoms with Gasteiger partial charge in [-0.05, 0) is 71.9 Å². The quantitative estimate of drug-likeness (QED) is 0.176. The largest absolute Gasteiger partial charge is 0.456 e. The van der Waals surface area contributed by atoms with Crippen LogP contribution in [0.4, 0.5) is 10.5 Å². The van der Waals surface area contributed by atoms with Gasteiger partial charge >= 0.3 is 5.85 Å². The molecule has 1 fully saturated rings. The van der Waals surface area contributed by atoms with E-state index in [-0.39, 0.29) is 17.0 Å². The molecule has 2 atom stereocenters. The third-order valence-corrected chi connectivity index (χ3v) is 8.72. The summed E-state index contributed by atoms with van der Waals surface area (Å²) in [5.74, 6) is -0.0647. The van der Waals surface area contributed by atoms with Crippen LogP contribution in [0, 0.1) is 10.1 Å². The summed E-state index contributed by atoms with van der Waals surface area (Å²) >= 11 is 10.7. The van der Waals surface area contributed by atoms with E-state index in [0.29, 0.717) is 39.2 Å². The van der Waals surface area contributed by atoms with Crippen molar-refractivity contribution in [3.8, 4) is 17.1 Å². The van der Waals surface area contributed by atoms with Gasteiger partial charge in [0.25, 0.3) is 10.9 Å². The van der Waals surface area contributed by atoms with E-state index in [1.54, 1.807) is 41.4 Å². The summed E-state index contributed by atoms with van der Waals surface area (Å²) in [6.45, 7) is 0. The number of hydrogen-bond donors (Lipinski definition) is 1. The molecule has 1 saturated heterocycles. The maximum Gasteiger partial charge on any atom is 0.314 e. The number of thioether (sulfide) groups is 1. The van der Waals surface area contributed by atoms with Crippen molar-refractivity contribution in [1.82, 2.24) is 10.3 Å². The van der Waals surface area contributed by atoms with Crippen molar-refractivity contribution in [3.05, 3.63) is 120 Å². The van der Waals surface area contributed by atoms with Crippen LogP contribution >= 0.6 is 39.3 Å². The highest BCUT2D eigenvalue weighted by Crippen LogP contribution is 2.53. The molecule has 4 heterocycles. The van der Waals surface area contributed by atoms with Crippen molar-refractivity contribution in [3.63, 3.8) is 0 Å². The van der Waals surface area contributed by atoms with Gasteiger partial charge in [0.1, 0.15) is 17.3 Å². The lowest BCUT2D eigenvalue weighted by molar-refractivity contribution is -0.384. The zero-order valence-electron chi connectivity index (χ0n) is 20.9. The van der Waals surface area contributed by atoms with Crippen LogP contribution in [0.2, 0.25) is 5.02 Å². The number of rotatable bonds is 4. The highest BCUT2D eigenvalue weighted by atomic mass is 79.9. The van der Waals surface area contributed by atoms with Crippen molar-refractivity contribution in [2.24, 2.45) is 5.10 Å². The molecule has 41 heavy (non-hydrogen) atoms. The first-order valence-corrected chi connectivity index (χ1v) is 14.5. The molecule has 1 spiro atoms. The average molecular weight is 650 g/mol. The molecule has 7 rings (SSSR count). The topological polar surface area (TPSA) is 110 Å². The Kier molecular flexibility index (Phi) is 6.18. The van der Waals surface area contributed by atoms with E-state index >= 15 is 0 Å². The number of benzene rings is 3. The van der Waals surface area contributed by atoms with Crippen LogP contribution in [0.5, 0.6) is 5.75 Å². The summed E-state index contributed by atoms with van der Waals surface area (Å²) < 4.78 is 13.5. The van der Waals surface area contributed by atoms with Gasteiger partial charge in [0.05, 0.1) is 27.1 Å². The van der Waals surface area contributed by atoms with Crippen LogP contribution in [0.15, 0.2) is 97.8 Å². The number of nitro benzene ring substituents is 1. The first kappa shape index (κ1) is 25.9. The Balaban J connectivity index is 1.33. The fourth-order valence-electron chi connectivity index (χ4n) is 5.25. The molecule has 4 aromatic rings. The zero-order valence-corrected chi connectivity index (χ0v) is 24.1. The molecule has 1 N–H and O–H groups in total. The van der Waals surface area contributed by atoms with E-state index < -0.39 is 10.8 Å². The Hall–Kier alpha value is -4.06. The molecule has 0 aliphatic carbocycles. The van der Waals surface area contributed by atoms with Crippen LogP contribution in [-0.4, -0.2) is 26.7 Å². The molecule has 0 radical (unpaired) electrons. The molecule has 204 valence electrons. The average Bonchev–Trinajstić information content (AvgIpc) is 3.68. The number of carbonyl (C=O) groups excluding carboxylic acids is 1. The second kappa shape index (κ2) is 9.79. The first-order chi connectivity index (χ1) is 19.8. The standard InChI is InChI=1S/C29H18BrClN4O5S/c30-17-7-11-26-21(13-17)24-15-22(16-5-8-18(31)9-6-16)33-34(24)29(40-26)27(41-28(36)32-29)14-19-10-12-25(39-19)20-3-1-2-4-23(20)35(37)38/h1-14,24H,15H2,(H,32,36)/b27-14-. The van der Waals surface area contributed by atoms with Gasteiger partial charge < -0.3 is 9.15 Å². The van der Waals surface area contributed by atoms with Gasteiger partial charge in [-0.1, -0.05) is 51.8 Å². The number of fused-ring (bicyclic) bond motifs is 4. The van der Waals surface area contributed by atoms with E-state index in [1.165, 1.54) is 6.07 Å². The lowest BCUT2D eigenvalue weighted by atomic mass is 9.96. The molecular weight excluding hydrogens is 632 g/mol. The fraction of sp³-hybridized carbons (Fsp3) is 0.103. The number of amides is 1. The molecule has 1 aromatic heterocycles. The second-order valence-electron chi connectivity index (χ2n) is 9.55. The van der Waals surface area contributed by atoms with Crippen LogP contribution < -0.4 is 10.1 Å². The van der Waals surface area contributed by atoms with Gasteiger partial charge in [-0.25, -0.2) is 5.01 Å². The van der Waals surface area contributed by atoms with E-state index in [1.807, 2.05) is 42.5 Å². The molecule has 2 unspecified atom stereocenters. The number of carbonyl (C=O) groups is 1. The smallest absolute Gasteiger partial charge is 0.314 e. The summed E-state index contributed by atoms with van der Waals surface area (Å²) in [5.41, 5.74) is 2.96. The van der Waals surface area contributed by atoms with Crippen LogP contribution in [0.25, 0.3) is 17.4 Å². The van der Waals surface area contributed by atoms with Gasteiger partial charge in [0, 0.05) is 27.5 Å². The number of nitrogens with one attached hydrogen (secondary N) is 1. The van der Waals surface area contributed by atoms with Gasteiger partial charge in [0.2, 0.25) is 0 Å². The molecule has 1 amide bonds. The molecule has 12 heteroatoms. The lowest BCUT2D eigenvalue weighted by Crippen LogP contribution is -2.61. The SMILES string of the molecule is O=C1NC2(Oc3ccc(Br)cc3C3CC(c4ccc(Cl)cc4)=NN32)/C(=C/c2ccc(-c3ccccc3[N+](=O)[O-])o2)S1. The predicted molar refractivity (Wildman–Crippen MR) is 160 cm³/mol. The van der Waals surface area contributed by atoms with E-state index in [0.717, 1.165) is 33.1 Å². The maximum absolute atomic E-state index is 12.9. The molecule has 3 aliphatic heterocycles. The minimum absolute atomic E-state index is 0.0630. The molecule has 3 aliphatic rings. The number of halogens is 2. The third kappa shape index (κ3) is 4.41. The molecular formula is C29H18BrClN4O5S. The number of ether oxygens (including phenoxy) is 1. The number of furan rings is 1. The van der Waals surface area contributed by atoms with Crippen LogP contribution in [-0.2, 0) is 0 Å². The monoisotopic (exact) mass is 648 g/mol. The van der Waals surface area contributed by atoms with Crippen LogP contribution in [0.3, 0.4) is 0 Å². The van der Waals surface area contributed by atoms with Crippen molar-refractivity contribution >= 4 is 62.0 Å². The lowest BCUT2D eigenvalue weighted by Gasteiger charge is -2.45. The van der Waals surface area contributed by atoms with Gasteiger partial charge in [-0.2, -0.15) is 5.10 Å². The summed E-state index contributed by atoms with van der Waals surface area (Å²) in [7, 11) is 0. The Bertz CT molecular complexity index is 1810. The highest BCUT2D eigenvalue weighted by molar-refractivity contribution is 9.10. The number of hydrazone groups is 1. The van der Waals surface area contributed by atoms with Gasteiger partial charge in [-0.15, -0.1) is 0 Å². The van der Waals surface area contributed by atoms with Crippen molar-refractivity contribution < 1.29 is 18.9 Å². The van der Waals surface area contributed by atoms with Crippen molar-refractivity contribution in [2.75, 3.05) is 0 Å². The maximum atomic E-state index is 12.9. The Morgan fingerprint density at radius 2 is 1.95 bits per heavy atom.